The van der Waals surface area contributed by atoms with E-state index in [1.54, 1.807) is 12.1 Å². The van der Waals surface area contributed by atoms with E-state index in [9.17, 15) is 14.4 Å². The highest BCUT2D eigenvalue weighted by atomic mass is 19.1. The smallest absolute Gasteiger partial charge is 0.251 e. The van der Waals surface area contributed by atoms with E-state index in [4.69, 9.17) is 0 Å². The van der Waals surface area contributed by atoms with E-state index in [-0.39, 0.29) is 17.1 Å². The van der Waals surface area contributed by atoms with Crippen LogP contribution in [0.2, 0.25) is 0 Å². The summed E-state index contributed by atoms with van der Waals surface area (Å²) in [5.41, 5.74) is 1.78. The van der Waals surface area contributed by atoms with Gasteiger partial charge < -0.3 is 10.2 Å². The third-order valence-corrected chi connectivity index (χ3v) is 6.22. The molecule has 5 heteroatoms. The molecule has 4 rings (SSSR count). The van der Waals surface area contributed by atoms with Crippen molar-refractivity contribution in [3.8, 4) is 6.07 Å². The van der Waals surface area contributed by atoms with Crippen molar-refractivity contribution in [2.75, 3.05) is 26.7 Å². The summed E-state index contributed by atoms with van der Waals surface area (Å²) in [6.45, 7) is 2.30. The van der Waals surface area contributed by atoms with Crippen molar-refractivity contribution in [2.45, 2.75) is 18.3 Å². The van der Waals surface area contributed by atoms with Gasteiger partial charge in [0, 0.05) is 17.5 Å². The fraction of sp³-hybridized carbons (Fsp3) is 0.280. The van der Waals surface area contributed by atoms with Gasteiger partial charge in [0.1, 0.15) is 5.82 Å². The van der Waals surface area contributed by atoms with Gasteiger partial charge in [-0.25, -0.2) is 4.39 Å². The van der Waals surface area contributed by atoms with E-state index >= 15 is 0 Å². The number of benzene rings is 3. The molecule has 1 heterocycles. The molecule has 1 aliphatic heterocycles. The molecule has 0 unspecified atom stereocenters. The fourth-order valence-electron chi connectivity index (χ4n) is 4.33. The Hall–Kier alpha value is -3.23. The molecule has 0 bridgehead atoms. The fourth-order valence-corrected chi connectivity index (χ4v) is 4.33. The molecule has 0 saturated carbocycles. The average molecular weight is 401 g/mol. The first-order valence-electron chi connectivity index (χ1n) is 10.2. The van der Waals surface area contributed by atoms with Crippen molar-refractivity contribution in [1.82, 2.24) is 10.2 Å². The van der Waals surface area contributed by atoms with Crippen LogP contribution in [0.1, 0.15) is 34.3 Å². The third kappa shape index (κ3) is 3.92. The van der Waals surface area contributed by atoms with Crippen LogP contribution in [0.4, 0.5) is 4.39 Å². The lowest BCUT2D eigenvalue weighted by Crippen LogP contribution is -2.48. The van der Waals surface area contributed by atoms with Gasteiger partial charge in [0.25, 0.3) is 5.91 Å². The lowest BCUT2D eigenvalue weighted by molar-refractivity contribution is 0.0929. The van der Waals surface area contributed by atoms with Crippen LogP contribution in [0.5, 0.6) is 0 Å². The van der Waals surface area contributed by atoms with Crippen molar-refractivity contribution < 1.29 is 9.18 Å². The van der Waals surface area contributed by atoms with Gasteiger partial charge in [-0.3, -0.25) is 4.79 Å². The molecular formula is C25H24FN3O. The Balaban J connectivity index is 1.63. The number of nitrogens with one attached hydrogen (secondary N) is 1. The summed E-state index contributed by atoms with van der Waals surface area (Å²) in [6.07, 6.45) is 1.77. The van der Waals surface area contributed by atoms with Gasteiger partial charge in [0.15, 0.2) is 0 Å². The highest BCUT2D eigenvalue weighted by molar-refractivity contribution is 6.07. The number of nitrogens with zero attached hydrogens (tertiary/aromatic N) is 2. The first kappa shape index (κ1) is 20.1. The van der Waals surface area contributed by atoms with Crippen LogP contribution in [0.3, 0.4) is 0 Å². The maximum absolute atomic E-state index is 13.5. The number of carbonyl (C=O) groups excluding carboxylic acids is 1. The van der Waals surface area contributed by atoms with Gasteiger partial charge in [0.05, 0.1) is 11.6 Å². The molecule has 1 fully saturated rings. The van der Waals surface area contributed by atoms with E-state index in [0.29, 0.717) is 17.7 Å². The maximum atomic E-state index is 13.5. The topological polar surface area (TPSA) is 56.1 Å². The van der Waals surface area contributed by atoms with Gasteiger partial charge in [0.2, 0.25) is 0 Å². The predicted octanol–water partition coefficient (Wildman–Crippen LogP) is 4.24. The molecule has 3 aromatic rings. The van der Waals surface area contributed by atoms with Crippen molar-refractivity contribution in [3.63, 3.8) is 0 Å². The van der Waals surface area contributed by atoms with Crippen molar-refractivity contribution in [1.29, 1.82) is 5.26 Å². The maximum Gasteiger partial charge on any atom is 0.251 e. The van der Waals surface area contributed by atoms with Crippen molar-refractivity contribution in [3.05, 3.63) is 83.2 Å². The minimum Gasteiger partial charge on any atom is -0.351 e. The molecule has 1 saturated heterocycles. The summed E-state index contributed by atoms with van der Waals surface area (Å²) in [7, 11) is 2.09. The molecule has 0 spiro atoms. The van der Waals surface area contributed by atoms with Crippen LogP contribution in [-0.4, -0.2) is 37.5 Å². The van der Waals surface area contributed by atoms with Gasteiger partial charge in [-0.2, -0.15) is 5.26 Å². The Labute approximate surface area is 175 Å². The van der Waals surface area contributed by atoms with Crippen LogP contribution < -0.4 is 5.32 Å². The number of amides is 1. The number of likely N-dealkylation sites (tertiary alicyclic amines) is 1. The minimum atomic E-state index is -0.259. The van der Waals surface area contributed by atoms with E-state index in [1.165, 1.54) is 12.1 Å². The second kappa shape index (κ2) is 8.25. The Morgan fingerprint density at radius 3 is 2.53 bits per heavy atom. The van der Waals surface area contributed by atoms with Gasteiger partial charge >= 0.3 is 0 Å². The zero-order valence-corrected chi connectivity index (χ0v) is 17.0. The van der Waals surface area contributed by atoms with E-state index in [0.717, 1.165) is 42.3 Å². The van der Waals surface area contributed by atoms with Crippen molar-refractivity contribution in [2.24, 2.45) is 0 Å². The molecule has 4 nitrogen and oxygen atoms in total. The Morgan fingerprint density at radius 2 is 1.83 bits per heavy atom. The average Bonchev–Trinajstić information content (AvgIpc) is 2.78. The monoisotopic (exact) mass is 401 g/mol. The SMILES string of the molecule is CN1CCC(CNC(=O)c2cc(C#N)cc3ccccc23)(c2ccc(F)cc2)CC1. The van der Waals surface area contributed by atoms with E-state index in [1.807, 2.05) is 36.4 Å². The van der Waals surface area contributed by atoms with Crippen LogP contribution >= 0.6 is 0 Å². The number of fused-ring (bicyclic) bond motifs is 1. The lowest BCUT2D eigenvalue weighted by atomic mass is 9.72. The molecule has 3 aromatic carbocycles. The number of halogens is 1. The zero-order chi connectivity index (χ0) is 21.1. The largest absolute Gasteiger partial charge is 0.351 e. The first-order chi connectivity index (χ1) is 14.5. The minimum absolute atomic E-state index is 0.191. The van der Waals surface area contributed by atoms with E-state index in [2.05, 4.69) is 23.3 Å². The Kier molecular flexibility index (Phi) is 5.52. The van der Waals surface area contributed by atoms with Crippen LogP contribution in [0.25, 0.3) is 10.8 Å². The van der Waals surface area contributed by atoms with Gasteiger partial charge in [-0.15, -0.1) is 0 Å². The molecule has 0 aromatic heterocycles. The molecule has 1 amide bonds. The highest BCUT2D eigenvalue weighted by Gasteiger charge is 2.36. The standard InChI is InChI=1S/C25H24FN3O/c1-29-12-10-25(11-13-29,20-6-8-21(26)9-7-20)17-28-24(30)23-15-18(16-27)14-19-4-2-3-5-22(19)23/h2-9,14-15H,10-13,17H2,1H3,(H,28,30). The van der Waals surface area contributed by atoms with Crippen LogP contribution in [-0.2, 0) is 5.41 Å². The number of carbonyl (C=O) groups is 1. The first-order valence-corrected chi connectivity index (χ1v) is 10.2. The van der Waals surface area contributed by atoms with Gasteiger partial charge in [-0.05, 0) is 73.6 Å². The summed E-state index contributed by atoms with van der Waals surface area (Å²) in [4.78, 5) is 15.4. The predicted molar refractivity (Wildman–Crippen MR) is 116 cm³/mol. The number of nitriles is 1. The summed E-state index contributed by atoms with van der Waals surface area (Å²) in [5.74, 6) is -0.450. The highest BCUT2D eigenvalue weighted by Crippen LogP contribution is 2.35. The molecule has 1 N–H and O–H groups in total. The molecule has 0 atom stereocenters. The molecular weight excluding hydrogens is 377 g/mol. The molecule has 0 radical (unpaired) electrons. The molecule has 152 valence electrons. The normalized spacial score (nSPS) is 16.2. The van der Waals surface area contributed by atoms with Crippen LogP contribution in [0.15, 0.2) is 60.7 Å². The number of hydrogen-bond acceptors (Lipinski definition) is 3. The van der Waals surface area contributed by atoms with E-state index < -0.39 is 0 Å². The molecule has 1 aliphatic rings. The van der Waals surface area contributed by atoms with Gasteiger partial charge in [-0.1, -0.05) is 36.4 Å². The van der Waals surface area contributed by atoms with Crippen molar-refractivity contribution >= 4 is 16.7 Å². The second-order valence-corrected chi connectivity index (χ2v) is 8.13. The summed E-state index contributed by atoms with van der Waals surface area (Å²) >= 11 is 0. The Morgan fingerprint density at radius 1 is 1.13 bits per heavy atom. The molecule has 0 aliphatic carbocycles. The summed E-state index contributed by atoms with van der Waals surface area (Å²) < 4.78 is 13.5. The second-order valence-electron chi connectivity index (χ2n) is 8.13. The Bertz CT molecular complexity index is 1110. The third-order valence-electron chi connectivity index (χ3n) is 6.22. The lowest BCUT2D eigenvalue weighted by Gasteiger charge is -2.41. The summed E-state index contributed by atoms with van der Waals surface area (Å²) in [5, 5.41) is 14.2. The zero-order valence-electron chi connectivity index (χ0n) is 17.0. The number of rotatable bonds is 4. The quantitative estimate of drug-likeness (QED) is 0.711. The number of hydrogen-bond donors (Lipinski definition) is 1. The van der Waals surface area contributed by atoms with Crippen LogP contribution in [0, 0.1) is 17.1 Å². The molecule has 30 heavy (non-hydrogen) atoms. The number of piperidine rings is 1. The summed E-state index contributed by atoms with van der Waals surface area (Å²) in [6, 6.07) is 19.8.